The number of ether oxygens (including phenoxy) is 2. The van der Waals surface area contributed by atoms with Gasteiger partial charge >= 0.3 is 0 Å². The number of carbonyl (C=O) groups is 1. The standard InChI is InChI=1S/C18H20N4O4S2/c1-11(16(23)20-14-9-12(24-2)6-7-15(14)25-3)27-18-22-21-17(28-18)19-10-13-5-4-8-26-13/h4-9,11H,10H2,1-3H3,(H,19,21)(H,20,23)/t11-/m0/s1. The molecule has 8 nitrogen and oxygen atoms in total. The molecule has 0 radical (unpaired) electrons. The van der Waals surface area contributed by atoms with Crippen molar-refractivity contribution in [2.45, 2.75) is 23.1 Å². The lowest BCUT2D eigenvalue weighted by atomic mass is 10.2. The molecule has 0 aliphatic carbocycles. The Kier molecular flexibility index (Phi) is 6.77. The zero-order valence-electron chi connectivity index (χ0n) is 15.6. The number of aromatic nitrogens is 2. The highest BCUT2D eigenvalue weighted by molar-refractivity contribution is 8.02. The molecule has 0 spiro atoms. The van der Waals surface area contributed by atoms with Gasteiger partial charge in [0.25, 0.3) is 0 Å². The number of furan rings is 1. The fourth-order valence-corrected chi connectivity index (χ4v) is 4.15. The smallest absolute Gasteiger partial charge is 0.237 e. The molecule has 0 saturated heterocycles. The number of nitrogens with zero attached hydrogens (tertiary/aromatic N) is 2. The predicted octanol–water partition coefficient (Wildman–Crippen LogP) is 3.88. The zero-order chi connectivity index (χ0) is 19.9. The van der Waals surface area contributed by atoms with E-state index >= 15 is 0 Å². The summed E-state index contributed by atoms with van der Waals surface area (Å²) in [6.45, 7) is 2.34. The second kappa shape index (κ2) is 9.47. The van der Waals surface area contributed by atoms with E-state index < -0.39 is 0 Å². The zero-order valence-corrected chi connectivity index (χ0v) is 17.2. The fraction of sp³-hybridized carbons (Fsp3) is 0.278. The molecular formula is C18H20N4O4S2. The average molecular weight is 421 g/mol. The second-order valence-corrected chi connectivity index (χ2v) is 8.19. The maximum absolute atomic E-state index is 12.6. The summed E-state index contributed by atoms with van der Waals surface area (Å²) < 4.78 is 16.5. The number of methoxy groups -OCH3 is 2. The molecule has 0 aliphatic heterocycles. The van der Waals surface area contributed by atoms with E-state index in [0.29, 0.717) is 33.2 Å². The minimum absolute atomic E-state index is 0.170. The van der Waals surface area contributed by atoms with Gasteiger partial charge in [-0.15, -0.1) is 10.2 Å². The highest BCUT2D eigenvalue weighted by Gasteiger charge is 2.19. The lowest BCUT2D eigenvalue weighted by Gasteiger charge is -2.14. The van der Waals surface area contributed by atoms with Crippen molar-refractivity contribution in [2.75, 3.05) is 24.9 Å². The molecule has 1 amide bonds. The van der Waals surface area contributed by atoms with Gasteiger partial charge in [-0.05, 0) is 31.2 Å². The Hall–Kier alpha value is -2.72. The Bertz CT molecular complexity index is 914. The van der Waals surface area contributed by atoms with Crippen LogP contribution in [0.4, 0.5) is 10.8 Å². The SMILES string of the molecule is COc1ccc(OC)c(NC(=O)[C@H](C)Sc2nnc(NCc3ccco3)s2)c1. The maximum atomic E-state index is 12.6. The highest BCUT2D eigenvalue weighted by atomic mass is 32.2. The molecule has 0 fully saturated rings. The molecule has 2 heterocycles. The minimum Gasteiger partial charge on any atom is -0.497 e. The van der Waals surface area contributed by atoms with Crippen LogP contribution in [0.3, 0.4) is 0 Å². The van der Waals surface area contributed by atoms with Gasteiger partial charge in [0.15, 0.2) is 4.34 Å². The van der Waals surface area contributed by atoms with Crippen molar-refractivity contribution in [3.05, 3.63) is 42.4 Å². The van der Waals surface area contributed by atoms with Crippen LogP contribution >= 0.6 is 23.1 Å². The quantitative estimate of drug-likeness (QED) is 0.503. The number of hydrogen-bond donors (Lipinski definition) is 2. The lowest BCUT2D eigenvalue weighted by Crippen LogP contribution is -2.22. The van der Waals surface area contributed by atoms with Gasteiger partial charge in [-0.3, -0.25) is 4.79 Å². The summed E-state index contributed by atoms with van der Waals surface area (Å²) in [6, 6.07) is 8.94. The topological polar surface area (TPSA) is 98.5 Å². The van der Waals surface area contributed by atoms with Crippen LogP contribution in [0, 0.1) is 0 Å². The summed E-state index contributed by atoms with van der Waals surface area (Å²) in [5.74, 6) is 1.83. The molecule has 10 heteroatoms. The first kappa shape index (κ1) is 20.0. The Morgan fingerprint density at radius 3 is 2.86 bits per heavy atom. The molecule has 2 aromatic heterocycles. The van der Waals surface area contributed by atoms with E-state index in [9.17, 15) is 4.79 Å². The van der Waals surface area contributed by atoms with Crippen LogP contribution in [0.1, 0.15) is 12.7 Å². The molecule has 28 heavy (non-hydrogen) atoms. The largest absolute Gasteiger partial charge is 0.497 e. The molecule has 0 saturated carbocycles. The number of hydrogen-bond acceptors (Lipinski definition) is 9. The maximum Gasteiger partial charge on any atom is 0.237 e. The molecule has 0 bridgehead atoms. The van der Waals surface area contributed by atoms with Crippen LogP contribution in [0.25, 0.3) is 0 Å². The van der Waals surface area contributed by atoms with Gasteiger partial charge < -0.3 is 24.5 Å². The first-order chi connectivity index (χ1) is 13.6. The van der Waals surface area contributed by atoms with Crippen LogP contribution in [0.5, 0.6) is 11.5 Å². The number of benzene rings is 1. The number of anilines is 2. The van der Waals surface area contributed by atoms with Crippen LogP contribution < -0.4 is 20.1 Å². The third kappa shape index (κ3) is 5.17. The van der Waals surface area contributed by atoms with Crippen molar-refractivity contribution >= 4 is 39.8 Å². The third-order valence-corrected chi connectivity index (χ3v) is 5.78. The summed E-state index contributed by atoms with van der Waals surface area (Å²) in [4.78, 5) is 12.6. The Balaban J connectivity index is 1.57. The van der Waals surface area contributed by atoms with Crippen LogP contribution in [0.2, 0.25) is 0 Å². The Morgan fingerprint density at radius 1 is 1.29 bits per heavy atom. The van der Waals surface area contributed by atoms with E-state index in [1.165, 1.54) is 23.1 Å². The molecule has 3 rings (SSSR count). The van der Waals surface area contributed by atoms with Gasteiger partial charge in [-0.25, -0.2) is 0 Å². The molecule has 148 valence electrons. The lowest BCUT2D eigenvalue weighted by molar-refractivity contribution is -0.115. The van der Waals surface area contributed by atoms with Crippen LogP contribution in [0.15, 0.2) is 45.4 Å². The monoisotopic (exact) mass is 420 g/mol. The third-order valence-electron chi connectivity index (χ3n) is 3.71. The normalized spacial score (nSPS) is 11.7. The number of carbonyl (C=O) groups excluding carboxylic acids is 1. The van der Waals surface area contributed by atoms with Crippen molar-refractivity contribution in [3.8, 4) is 11.5 Å². The average Bonchev–Trinajstić information content (AvgIpc) is 3.38. The highest BCUT2D eigenvalue weighted by Crippen LogP contribution is 2.32. The Morgan fingerprint density at radius 2 is 2.14 bits per heavy atom. The van der Waals surface area contributed by atoms with Gasteiger partial charge in [0.2, 0.25) is 11.0 Å². The first-order valence-corrected chi connectivity index (χ1v) is 10.1. The van der Waals surface area contributed by atoms with Crippen molar-refractivity contribution < 1.29 is 18.7 Å². The number of nitrogens with one attached hydrogen (secondary N) is 2. The first-order valence-electron chi connectivity index (χ1n) is 8.38. The Labute approximate surface area is 170 Å². The molecule has 3 aromatic rings. The number of amides is 1. The van der Waals surface area contributed by atoms with Gasteiger partial charge in [0.05, 0.1) is 38.0 Å². The van der Waals surface area contributed by atoms with Crippen LogP contribution in [-0.4, -0.2) is 35.6 Å². The summed E-state index contributed by atoms with van der Waals surface area (Å²) in [6.07, 6.45) is 1.62. The fourth-order valence-electron chi connectivity index (χ4n) is 2.26. The van der Waals surface area contributed by atoms with Gasteiger partial charge in [-0.1, -0.05) is 23.1 Å². The van der Waals surface area contributed by atoms with E-state index in [0.717, 1.165) is 5.76 Å². The number of thioether (sulfide) groups is 1. The van der Waals surface area contributed by atoms with Gasteiger partial charge in [0, 0.05) is 6.07 Å². The van der Waals surface area contributed by atoms with E-state index in [-0.39, 0.29) is 11.2 Å². The van der Waals surface area contributed by atoms with E-state index in [1.54, 1.807) is 38.7 Å². The van der Waals surface area contributed by atoms with E-state index in [4.69, 9.17) is 13.9 Å². The van der Waals surface area contributed by atoms with Crippen molar-refractivity contribution in [1.29, 1.82) is 0 Å². The summed E-state index contributed by atoms with van der Waals surface area (Å²) in [5.41, 5.74) is 0.553. The van der Waals surface area contributed by atoms with Crippen molar-refractivity contribution in [2.24, 2.45) is 0 Å². The van der Waals surface area contributed by atoms with E-state index in [2.05, 4.69) is 20.8 Å². The molecular weight excluding hydrogens is 400 g/mol. The summed E-state index contributed by atoms with van der Waals surface area (Å²) >= 11 is 2.72. The summed E-state index contributed by atoms with van der Waals surface area (Å²) in [7, 11) is 3.12. The van der Waals surface area contributed by atoms with Gasteiger partial charge in [-0.2, -0.15) is 0 Å². The molecule has 2 N–H and O–H groups in total. The summed E-state index contributed by atoms with van der Waals surface area (Å²) in [5, 5.41) is 14.5. The molecule has 1 atom stereocenters. The van der Waals surface area contributed by atoms with E-state index in [1.807, 2.05) is 19.1 Å². The molecule has 0 aliphatic rings. The predicted molar refractivity (Wildman–Crippen MR) is 109 cm³/mol. The van der Waals surface area contributed by atoms with Crippen molar-refractivity contribution in [3.63, 3.8) is 0 Å². The van der Waals surface area contributed by atoms with Crippen molar-refractivity contribution in [1.82, 2.24) is 10.2 Å². The second-order valence-electron chi connectivity index (χ2n) is 5.62. The van der Waals surface area contributed by atoms with Crippen LogP contribution in [-0.2, 0) is 11.3 Å². The molecule has 0 unspecified atom stereocenters. The minimum atomic E-state index is -0.373. The number of rotatable bonds is 9. The molecule has 1 aromatic carbocycles. The van der Waals surface area contributed by atoms with Gasteiger partial charge in [0.1, 0.15) is 17.3 Å².